The topological polar surface area (TPSA) is 63.6 Å². The van der Waals surface area contributed by atoms with E-state index in [1.807, 2.05) is 0 Å². The standard InChI is InChI=1S/C12H19N5S2/c1-4-5-9-11(19-17-14-9)12-16-15-10(18-12)6-7-13-8(2)3/h8,13H,4-7H2,1-3H3. The quantitative estimate of drug-likeness (QED) is 0.851. The van der Waals surface area contributed by atoms with Crippen molar-refractivity contribution in [1.29, 1.82) is 0 Å². The molecule has 0 radical (unpaired) electrons. The SMILES string of the molecule is CCCc1nnsc1-c1nnc(CCNC(C)C)s1. The third-order valence-electron chi connectivity index (χ3n) is 2.60. The van der Waals surface area contributed by atoms with Crippen molar-refractivity contribution in [2.24, 2.45) is 0 Å². The molecule has 7 heteroatoms. The molecule has 0 saturated carbocycles. The van der Waals surface area contributed by atoms with Crippen LogP contribution in [0.1, 0.15) is 37.9 Å². The highest BCUT2D eigenvalue weighted by atomic mass is 32.1. The van der Waals surface area contributed by atoms with Crippen LogP contribution in [-0.2, 0) is 12.8 Å². The lowest BCUT2D eigenvalue weighted by molar-refractivity contribution is 0.588. The summed E-state index contributed by atoms with van der Waals surface area (Å²) in [5.74, 6) is 0. The van der Waals surface area contributed by atoms with Gasteiger partial charge in [0, 0.05) is 19.0 Å². The van der Waals surface area contributed by atoms with Gasteiger partial charge in [-0.25, -0.2) is 0 Å². The van der Waals surface area contributed by atoms with Crippen molar-refractivity contribution >= 4 is 22.9 Å². The Hall–Kier alpha value is -0.920. The minimum Gasteiger partial charge on any atom is -0.314 e. The molecule has 2 aromatic rings. The summed E-state index contributed by atoms with van der Waals surface area (Å²) in [5.41, 5.74) is 1.05. The summed E-state index contributed by atoms with van der Waals surface area (Å²) in [6.45, 7) is 7.37. The van der Waals surface area contributed by atoms with Crippen LogP contribution in [0.4, 0.5) is 0 Å². The minimum absolute atomic E-state index is 0.509. The van der Waals surface area contributed by atoms with E-state index in [4.69, 9.17) is 0 Å². The van der Waals surface area contributed by atoms with E-state index in [0.717, 1.165) is 46.4 Å². The van der Waals surface area contributed by atoms with E-state index in [-0.39, 0.29) is 0 Å². The number of aryl methyl sites for hydroxylation is 1. The molecule has 0 saturated heterocycles. The monoisotopic (exact) mass is 297 g/mol. The first-order valence-corrected chi connectivity index (χ1v) is 8.17. The highest BCUT2D eigenvalue weighted by Gasteiger charge is 2.14. The van der Waals surface area contributed by atoms with E-state index < -0.39 is 0 Å². The Kier molecular flexibility index (Phi) is 5.35. The number of aromatic nitrogens is 4. The molecule has 5 nitrogen and oxygen atoms in total. The Balaban J connectivity index is 2.01. The second-order valence-electron chi connectivity index (χ2n) is 4.66. The third kappa shape index (κ3) is 4.02. The summed E-state index contributed by atoms with van der Waals surface area (Å²) >= 11 is 3.07. The summed E-state index contributed by atoms with van der Waals surface area (Å²) in [5, 5.41) is 18.1. The van der Waals surface area contributed by atoms with Crippen LogP contribution in [-0.4, -0.2) is 32.4 Å². The molecule has 0 bridgehead atoms. The zero-order valence-corrected chi connectivity index (χ0v) is 13.1. The summed E-state index contributed by atoms with van der Waals surface area (Å²) < 4.78 is 4.03. The molecule has 2 heterocycles. The van der Waals surface area contributed by atoms with Crippen LogP contribution in [0.2, 0.25) is 0 Å². The summed E-state index contributed by atoms with van der Waals surface area (Å²) in [6.07, 6.45) is 2.95. The lowest BCUT2D eigenvalue weighted by atomic mass is 10.2. The van der Waals surface area contributed by atoms with E-state index in [1.165, 1.54) is 11.5 Å². The molecule has 0 fully saturated rings. The maximum atomic E-state index is 4.27. The Morgan fingerprint density at radius 1 is 1.16 bits per heavy atom. The molecular weight excluding hydrogens is 278 g/mol. The second-order valence-corrected chi connectivity index (χ2v) is 6.47. The maximum Gasteiger partial charge on any atom is 0.161 e. The van der Waals surface area contributed by atoms with Crippen molar-refractivity contribution in [3.63, 3.8) is 0 Å². The van der Waals surface area contributed by atoms with Crippen molar-refractivity contribution < 1.29 is 0 Å². The maximum absolute atomic E-state index is 4.27. The predicted molar refractivity (Wildman–Crippen MR) is 79.6 cm³/mol. The number of nitrogens with zero attached hydrogens (tertiary/aromatic N) is 4. The van der Waals surface area contributed by atoms with Crippen LogP contribution < -0.4 is 5.32 Å². The molecule has 104 valence electrons. The van der Waals surface area contributed by atoms with Gasteiger partial charge in [0.1, 0.15) is 9.88 Å². The van der Waals surface area contributed by atoms with E-state index in [0.29, 0.717) is 6.04 Å². The average Bonchev–Trinajstić information content (AvgIpc) is 2.97. The smallest absolute Gasteiger partial charge is 0.161 e. The van der Waals surface area contributed by atoms with Gasteiger partial charge in [-0.3, -0.25) is 0 Å². The molecule has 19 heavy (non-hydrogen) atoms. The van der Waals surface area contributed by atoms with Crippen molar-refractivity contribution in [2.45, 2.75) is 46.1 Å². The van der Waals surface area contributed by atoms with Gasteiger partial charge in [0.05, 0.1) is 5.69 Å². The fourth-order valence-electron chi connectivity index (χ4n) is 1.69. The molecular formula is C12H19N5S2. The van der Waals surface area contributed by atoms with E-state index in [2.05, 4.69) is 45.9 Å². The summed E-state index contributed by atoms with van der Waals surface area (Å²) in [4.78, 5) is 1.09. The van der Waals surface area contributed by atoms with E-state index >= 15 is 0 Å². The van der Waals surface area contributed by atoms with Crippen LogP contribution in [0.5, 0.6) is 0 Å². The summed E-state index contributed by atoms with van der Waals surface area (Å²) in [7, 11) is 0. The first-order chi connectivity index (χ1) is 9.20. The van der Waals surface area contributed by atoms with Crippen LogP contribution in [0.3, 0.4) is 0 Å². The zero-order valence-electron chi connectivity index (χ0n) is 11.5. The molecule has 1 N–H and O–H groups in total. The lowest BCUT2D eigenvalue weighted by Gasteiger charge is -2.04. The molecule has 2 aromatic heterocycles. The van der Waals surface area contributed by atoms with Crippen molar-refractivity contribution in [1.82, 2.24) is 25.1 Å². The lowest BCUT2D eigenvalue weighted by Crippen LogP contribution is -2.24. The van der Waals surface area contributed by atoms with Crippen LogP contribution in [0, 0.1) is 0 Å². The first-order valence-electron chi connectivity index (χ1n) is 6.58. The van der Waals surface area contributed by atoms with Gasteiger partial charge in [-0.05, 0) is 18.0 Å². The molecule has 2 rings (SSSR count). The van der Waals surface area contributed by atoms with Crippen LogP contribution in [0.15, 0.2) is 0 Å². The van der Waals surface area contributed by atoms with Crippen LogP contribution >= 0.6 is 22.9 Å². The molecule has 0 amide bonds. The third-order valence-corrected chi connectivity index (χ3v) is 4.50. The van der Waals surface area contributed by atoms with E-state index in [9.17, 15) is 0 Å². The molecule has 0 aromatic carbocycles. The van der Waals surface area contributed by atoms with Crippen molar-refractivity contribution in [2.75, 3.05) is 6.54 Å². The van der Waals surface area contributed by atoms with Crippen LogP contribution in [0.25, 0.3) is 9.88 Å². The average molecular weight is 297 g/mol. The molecule has 0 atom stereocenters. The number of nitrogens with one attached hydrogen (secondary N) is 1. The van der Waals surface area contributed by atoms with Gasteiger partial charge in [-0.1, -0.05) is 43.0 Å². The first kappa shape index (κ1) is 14.5. The van der Waals surface area contributed by atoms with Gasteiger partial charge >= 0.3 is 0 Å². The van der Waals surface area contributed by atoms with Crippen molar-refractivity contribution in [3.8, 4) is 9.88 Å². The molecule has 0 aliphatic carbocycles. The molecule has 0 unspecified atom stereocenters. The molecule has 0 aliphatic rings. The van der Waals surface area contributed by atoms with Gasteiger partial charge in [0.25, 0.3) is 0 Å². The Morgan fingerprint density at radius 2 is 2.00 bits per heavy atom. The number of rotatable bonds is 7. The molecule has 0 aliphatic heterocycles. The van der Waals surface area contributed by atoms with Gasteiger partial charge in [0.2, 0.25) is 0 Å². The van der Waals surface area contributed by atoms with Gasteiger partial charge in [0.15, 0.2) is 5.01 Å². The minimum atomic E-state index is 0.509. The number of hydrogen-bond acceptors (Lipinski definition) is 7. The highest BCUT2D eigenvalue weighted by Crippen LogP contribution is 2.29. The number of hydrogen-bond donors (Lipinski definition) is 1. The molecule has 0 spiro atoms. The fourth-order valence-corrected chi connectivity index (χ4v) is 3.31. The Morgan fingerprint density at radius 3 is 2.74 bits per heavy atom. The second kappa shape index (κ2) is 7.02. The highest BCUT2D eigenvalue weighted by molar-refractivity contribution is 7.19. The van der Waals surface area contributed by atoms with Gasteiger partial charge < -0.3 is 5.32 Å². The fraction of sp³-hybridized carbons (Fsp3) is 0.667. The predicted octanol–water partition coefficient (Wildman–Crippen LogP) is 2.55. The largest absolute Gasteiger partial charge is 0.314 e. The normalized spacial score (nSPS) is 11.4. The van der Waals surface area contributed by atoms with E-state index in [1.54, 1.807) is 11.3 Å². The Labute approximate surface area is 121 Å². The van der Waals surface area contributed by atoms with Gasteiger partial charge in [-0.2, -0.15) is 0 Å². The summed E-state index contributed by atoms with van der Waals surface area (Å²) in [6, 6.07) is 0.509. The Bertz CT molecular complexity index is 506. The zero-order chi connectivity index (χ0) is 13.7. The van der Waals surface area contributed by atoms with Gasteiger partial charge in [-0.15, -0.1) is 15.3 Å². The van der Waals surface area contributed by atoms with Crippen molar-refractivity contribution in [3.05, 3.63) is 10.7 Å².